The van der Waals surface area contributed by atoms with E-state index in [9.17, 15) is 18.0 Å². The van der Waals surface area contributed by atoms with Crippen molar-refractivity contribution < 1.29 is 18.0 Å². The van der Waals surface area contributed by atoms with Crippen LogP contribution >= 0.6 is 0 Å². The monoisotopic (exact) mass is 247 g/mol. The summed E-state index contributed by atoms with van der Waals surface area (Å²) in [5.74, 6) is -0.349. The maximum absolute atomic E-state index is 12.1. The van der Waals surface area contributed by atoms with Gasteiger partial charge in [-0.05, 0) is 26.2 Å². The van der Waals surface area contributed by atoms with E-state index < -0.39 is 19.0 Å². The first-order valence-corrected chi connectivity index (χ1v) is 5.92. The first-order valence-electron chi connectivity index (χ1n) is 5.92. The summed E-state index contributed by atoms with van der Waals surface area (Å²) >= 11 is 0. The lowest BCUT2D eigenvalue weighted by atomic mass is 10.0. The zero-order chi connectivity index (χ0) is 12.6. The van der Waals surface area contributed by atoms with Gasteiger partial charge in [-0.25, -0.2) is 0 Å². The van der Waals surface area contributed by atoms with Gasteiger partial charge in [-0.1, -0.05) is 11.6 Å². The standard InChI is InChI=1S/C12H16F3NO/c1-8-6-9-2-3-10(7-8)16(9)11(17)4-5-12(13,14)15/h6,9-10H,2-5,7H2,1H3. The van der Waals surface area contributed by atoms with Crippen molar-refractivity contribution in [2.45, 2.75) is 57.3 Å². The molecule has 1 amide bonds. The highest BCUT2D eigenvalue weighted by atomic mass is 19.4. The molecule has 17 heavy (non-hydrogen) atoms. The lowest BCUT2D eigenvalue weighted by Crippen LogP contribution is -2.43. The molecule has 2 aliphatic rings. The molecule has 1 saturated heterocycles. The third-order valence-corrected chi connectivity index (χ3v) is 3.49. The van der Waals surface area contributed by atoms with Gasteiger partial charge in [0, 0.05) is 12.5 Å². The molecule has 1 fully saturated rings. The zero-order valence-corrected chi connectivity index (χ0v) is 9.76. The summed E-state index contributed by atoms with van der Waals surface area (Å²) in [5, 5.41) is 0. The third-order valence-electron chi connectivity index (χ3n) is 3.49. The van der Waals surface area contributed by atoms with E-state index in [2.05, 4.69) is 0 Å². The number of carbonyl (C=O) groups is 1. The van der Waals surface area contributed by atoms with Crippen LogP contribution in [0.1, 0.15) is 39.0 Å². The van der Waals surface area contributed by atoms with Crippen molar-refractivity contribution in [1.82, 2.24) is 4.90 Å². The van der Waals surface area contributed by atoms with Gasteiger partial charge >= 0.3 is 6.18 Å². The van der Waals surface area contributed by atoms with Crippen LogP contribution in [0.5, 0.6) is 0 Å². The van der Waals surface area contributed by atoms with Crippen LogP contribution in [-0.4, -0.2) is 29.1 Å². The van der Waals surface area contributed by atoms with Gasteiger partial charge in [0.25, 0.3) is 0 Å². The minimum absolute atomic E-state index is 0.0366. The predicted molar refractivity (Wildman–Crippen MR) is 57.3 cm³/mol. The molecular formula is C12H16F3NO. The number of rotatable bonds is 2. The van der Waals surface area contributed by atoms with Gasteiger partial charge in [-0.15, -0.1) is 0 Å². The summed E-state index contributed by atoms with van der Waals surface area (Å²) in [7, 11) is 0. The van der Waals surface area contributed by atoms with Gasteiger partial charge in [-0.3, -0.25) is 4.79 Å². The fourth-order valence-electron chi connectivity index (χ4n) is 2.81. The number of fused-ring (bicyclic) bond motifs is 2. The molecule has 0 N–H and O–H groups in total. The van der Waals surface area contributed by atoms with Crippen molar-refractivity contribution in [2.75, 3.05) is 0 Å². The van der Waals surface area contributed by atoms with Crippen molar-refractivity contribution in [1.29, 1.82) is 0 Å². The Bertz CT molecular complexity index is 348. The molecular weight excluding hydrogens is 231 g/mol. The molecule has 0 saturated carbocycles. The van der Waals surface area contributed by atoms with Gasteiger partial charge in [0.2, 0.25) is 5.91 Å². The molecule has 2 heterocycles. The van der Waals surface area contributed by atoms with Gasteiger partial charge < -0.3 is 4.90 Å². The van der Waals surface area contributed by atoms with E-state index in [0.29, 0.717) is 0 Å². The summed E-state index contributed by atoms with van der Waals surface area (Å²) in [5.41, 5.74) is 1.25. The number of alkyl halides is 3. The average Bonchev–Trinajstić information content (AvgIpc) is 2.47. The highest BCUT2D eigenvalue weighted by Gasteiger charge is 2.39. The number of amides is 1. The highest BCUT2D eigenvalue weighted by molar-refractivity contribution is 5.78. The molecule has 0 aliphatic carbocycles. The predicted octanol–water partition coefficient (Wildman–Crippen LogP) is 3.04. The van der Waals surface area contributed by atoms with Crippen LogP contribution in [0, 0.1) is 0 Å². The van der Waals surface area contributed by atoms with E-state index in [1.165, 1.54) is 5.57 Å². The largest absolute Gasteiger partial charge is 0.389 e. The minimum atomic E-state index is -4.24. The molecule has 0 aromatic heterocycles. The number of hydrogen-bond donors (Lipinski definition) is 0. The summed E-state index contributed by atoms with van der Waals surface area (Å²) in [6.07, 6.45) is -1.02. The Morgan fingerprint density at radius 2 is 2.18 bits per heavy atom. The van der Waals surface area contributed by atoms with Crippen molar-refractivity contribution >= 4 is 5.91 Å². The van der Waals surface area contributed by atoms with Crippen molar-refractivity contribution in [3.05, 3.63) is 11.6 Å². The highest BCUT2D eigenvalue weighted by Crippen LogP contribution is 2.35. The smallest absolute Gasteiger partial charge is 0.333 e. The van der Waals surface area contributed by atoms with E-state index in [4.69, 9.17) is 0 Å². The number of halogens is 3. The summed E-state index contributed by atoms with van der Waals surface area (Å²) < 4.78 is 36.2. The van der Waals surface area contributed by atoms with Crippen LogP contribution in [0.25, 0.3) is 0 Å². The lowest BCUT2D eigenvalue weighted by Gasteiger charge is -2.33. The van der Waals surface area contributed by atoms with Crippen LogP contribution in [0.2, 0.25) is 0 Å². The second-order valence-electron chi connectivity index (χ2n) is 4.93. The molecule has 0 aromatic carbocycles. The van der Waals surface area contributed by atoms with Crippen LogP contribution in [-0.2, 0) is 4.79 Å². The molecule has 0 radical (unpaired) electrons. The van der Waals surface area contributed by atoms with Gasteiger partial charge in [0.1, 0.15) is 0 Å². The van der Waals surface area contributed by atoms with E-state index in [-0.39, 0.29) is 18.0 Å². The quantitative estimate of drug-likeness (QED) is 0.687. The molecule has 2 nitrogen and oxygen atoms in total. The Labute approximate surface area is 98.5 Å². The SMILES string of the molecule is CC1=CC2CCC(C1)N2C(=O)CCC(F)(F)F. The number of hydrogen-bond acceptors (Lipinski definition) is 1. The zero-order valence-electron chi connectivity index (χ0n) is 9.76. The second-order valence-corrected chi connectivity index (χ2v) is 4.93. The molecule has 0 aromatic rings. The molecule has 2 rings (SSSR count). The van der Waals surface area contributed by atoms with Crippen molar-refractivity contribution in [3.63, 3.8) is 0 Å². The van der Waals surface area contributed by atoms with Crippen molar-refractivity contribution in [3.8, 4) is 0 Å². The Hall–Kier alpha value is -1.00. The Kier molecular flexibility index (Phi) is 3.19. The topological polar surface area (TPSA) is 20.3 Å². The van der Waals surface area contributed by atoms with Crippen molar-refractivity contribution in [2.24, 2.45) is 0 Å². The van der Waals surface area contributed by atoms with Crippen LogP contribution in [0.15, 0.2) is 11.6 Å². The molecule has 2 aliphatic heterocycles. The maximum Gasteiger partial charge on any atom is 0.389 e. The Morgan fingerprint density at radius 1 is 1.47 bits per heavy atom. The van der Waals surface area contributed by atoms with Crippen LogP contribution in [0.3, 0.4) is 0 Å². The Morgan fingerprint density at radius 3 is 2.76 bits per heavy atom. The van der Waals surface area contributed by atoms with Crippen LogP contribution < -0.4 is 0 Å². The first kappa shape index (κ1) is 12.5. The minimum Gasteiger partial charge on any atom is -0.333 e. The van der Waals surface area contributed by atoms with Gasteiger partial charge in [0.15, 0.2) is 0 Å². The molecule has 96 valence electrons. The fraction of sp³-hybridized carbons (Fsp3) is 0.750. The summed E-state index contributed by atoms with van der Waals surface area (Å²) in [4.78, 5) is 13.5. The van der Waals surface area contributed by atoms with E-state index in [0.717, 1.165) is 19.3 Å². The third kappa shape index (κ3) is 2.82. The first-order chi connectivity index (χ1) is 7.87. The molecule has 2 unspecified atom stereocenters. The average molecular weight is 247 g/mol. The van der Waals surface area contributed by atoms with Gasteiger partial charge in [-0.2, -0.15) is 13.2 Å². The number of carbonyl (C=O) groups excluding carboxylic acids is 1. The molecule has 2 atom stereocenters. The van der Waals surface area contributed by atoms with Gasteiger partial charge in [0.05, 0.1) is 12.5 Å². The maximum atomic E-state index is 12.1. The second kappa shape index (κ2) is 4.35. The number of nitrogens with zero attached hydrogens (tertiary/aromatic N) is 1. The molecule has 0 spiro atoms. The van der Waals surface area contributed by atoms with E-state index in [1.807, 2.05) is 13.0 Å². The summed E-state index contributed by atoms with van der Waals surface area (Å²) in [6.45, 7) is 2.02. The lowest BCUT2D eigenvalue weighted by molar-refractivity contribution is -0.150. The normalized spacial score (nSPS) is 28.2. The molecule has 2 bridgehead atoms. The van der Waals surface area contributed by atoms with E-state index in [1.54, 1.807) is 4.90 Å². The van der Waals surface area contributed by atoms with Crippen LogP contribution in [0.4, 0.5) is 13.2 Å². The fourth-order valence-corrected chi connectivity index (χ4v) is 2.81. The molecule has 5 heteroatoms. The Balaban J connectivity index is 1.97. The summed E-state index contributed by atoms with van der Waals surface area (Å²) in [6, 6.07) is 0.167. The van der Waals surface area contributed by atoms with E-state index >= 15 is 0 Å².